The average Bonchev–Trinajstić information content (AvgIpc) is 2.85. The summed E-state index contributed by atoms with van der Waals surface area (Å²) in [6.45, 7) is 5.69. The molecule has 3 aromatic rings. The summed E-state index contributed by atoms with van der Waals surface area (Å²) in [5, 5.41) is 8.69. The molecular weight excluding hydrogens is 516 g/mol. The molecule has 6 nitrogen and oxygen atoms in total. The van der Waals surface area contributed by atoms with Crippen LogP contribution in [0.15, 0.2) is 77.3 Å². The molecule has 1 heterocycles. The van der Waals surface area contributed by atoms with E-state index in [-0.39, 0.29) is 18.0 Å². The topological polar surface area (TPSA) is 73.5 Å². The Kier molecular flexibility index (Phi) is 8.65. The van der Waals surface area contributed by atoms with Gasteiger partial charge in [-0.2, -0.15) is 0 Å². The maximum absolute atomic E-state index is 13.1. The second-order valence-electron chi connectivity index (χ2n) is 9.57. The number of nitrogens with one attached hydrogen (secondary N) is 3. The number of piperidine rings is 1. The van der Waals surface area contributed by atoms with E-state index in [1.54, 1.807) is 6.07 Å². The second kappa shape index (κ2) is 12.1. The first-order chi connectivity index (χ1) is 17.4. The lowest BCUT2D eigenvalue weighted by Crippen LogP contribution is -2.37. The zero-order chi connectivity index (χ0) is 25.5. The quantitative estimate of drug-likeness (QED) is 0.308. The lowest BCUT2D eigenvalue weighted by atomic mass is 9.89. The summed E-state index contributed by atoms with van der Waals surface area (Å²) >= 11 is 3.41. The second-order valence-corrected chi connectivity index (χ2v) is 10.5. The molecule has 0 unspecified atom stereocenters. The third-order valence-corrected chi connectivity index (χ3v) is 6.82. The molecule has 7 heteroatoms. The van der Waals surface area contributed by atoms with Crippen LogP contribution in [-0.2, 0) is 6.42 Å². The zero-order valence-electron chi connectivity index (χ0n) is 20.8. The molecule has 0 radical (unpaired) electrons. The van der Waals surface area contributed by atoms with Gasteiger partial charge in [0.25, 0.3) is 5.91 Å². The van der Waals surface area contributed by atoms with E-state index >= 15 is 0 Å². The van der Waals surface area contributed by atoms with Crippen LogP contribution in [0.4, 0.5) is 21.9 Å². The van der Waals surface area contributed by atoms with Gasteiger partial charge in [0.1, 0.15) is 0 Å². The SMILES string of the molecule is CC(C)NC(=O)c1cc(NC(=O)Nc2cccc(Br)c2)ccc1N1CCC(Cc2ccccc2)CC1. The fourth-order valence-electron chi connectivity index (χ4n) is 4.60. The van der Waals surface area contributed by atoms with Gasteiger partial charge in [-0.1, -0.05) is 52.3 Å². The van der Waals surface area contributed by atoms with Crippen LogP contribution in [0.3, 0.4) is 0 Å². The van der Waals surface area contributed by atoms with E-state index < -0.39 is 0 Å². The summed E-state index contributed by atoms with van der Waals surface area (Å²) in [6, 6.07) is 23.2. The van der Waals surface area contributed by atoms with Crippen LogP contribution in [0.5, 0.6) is 0 Å². The largest absolute Gasteiger partial charge is 0.371 e. The molecule has 1 saturated heterocycles. The predicted molar refractivity (Wildman–Crippen MR) is 151 cm³/mol. The van der Waals surface area contributed by atoms with Crippen molar-refractivity contribution in [2.75, 3.05) is 28.6 Å². The molecule has 0 saturated carbocycles. The number of rotatable bonds is 7. The highest BCUT2D eigenvalue weighted by Gasteiger charge is 2.24. The maximum Gasteiger partial charge on any atom is 0.323 e. The van der Waals surface area contributed by atoms with Crippen LogP contribution in [0.1, 0.15) is 42.6 Å². The van der Waals surface area contributed by atoms with Crippen molar-refractivity contribution in [3.8, 4) is 0 Å². The molecule has 1 aliphatic heterocycles. The lowest BCUT2D eigenvalue weighted by molar-refractivity contribution is 0.0943. The summed E-state index contributed by atoms with van der Waals surface area (Å²) in [5.41, 5.74) is 4.10. The molecule has 0 aromatic heterocycles. The van der Waals surface area contributed by atoms with Crippen molar-refractivity contribution in [3.63, 3.8) is 0 Å². The third-order valence-electron chi connectivity index (χ3n) is 6.32. The van der Waals surface area contributed by atoms with Crippen LogP contribution in [0.2, 0.25) is 0 Å². The number of hydrogen-bond donors (Lipinski definition) is 3. The van der Waals surface area contributed by atoms with Gasteiger partial charge in [0.05, 0.1) is 5.56 Å². The van der Waals surface area contributed by atoms with Gasteiger partial charge in [-0.15, -0.1) is 0 Å². The first-order valence-electron chi connectivity index (χ1n) is 12.4. The van der Waals surface area contributed by atoms with Crippen molar-refractivity contribution in [2.45, 2.75) is 39.2 Å². The number of hydrogen-bond acceptors (Lipinski definition) is 3. The van der Waals surface area contributed by atoms with Crippen molar-refractivity contribution < 1.29 is 9.59 Å². The average molecular weight is 550 g/mol. The van der Waals surface area contributed by atoms with Gasteiger partial charge in [0.15, 0.2) is 0 Å². The van der Waals surface area contributed by atoms with Gasteiger partial charge in [-0.25, -0.2) is 4.79 Å². The highest BCUT2D eigenvalue weighted by atomic mass is 79.9. The summed E-state index contributed by atoms with van der Waals surface area (Å²) < 4.78 is 0.879. The Labute approximate surface area is 221 Å². The van der Waals surface area contributed by atoms with Gasteiger partial charge in [0.2, 0.25) is 0 Å². The molecule has 188 valence electrons. The van der Waals surface area contributed by atoms with Gasteiger partial charge < -0.3 is 20.9 Å². The lowest BCUT2D eigenvalue weighted by Gasteiger charge is -2.35. The highest BCUT2D eigenvalue weighted by molar-refractivity contribution is 9.10. The molecule has 3 N–H and O–H groups in total. The van der Waals surface area contributed by atoms with Crippen molar-refractivity contribution in [1.29, 1.82) is 0 Å². The fourth-order valence-corrected chi connectivity index (χ4v) is 5.00. The molecule has 0 bridgehead atoms. The van der Waals surface area contributed by atoms with Crippen LogP contribution in [0, 0.1) is 5.92 Å². The summed E-state index contributed by atoms with van der Waals surface area (Å²) in [4.78, 5) is 28.0. The van der Waals surface area contributed by atoms with E-state index in [9.17, 15) is 9.59 Å². The van der Waals surface area contributed by atoms with Gasteiger partial charge in [-0.05, 0) is 81.0 Å². The number of anilines is 3. The molecule has 0 aliphatic carbocycles. The Morgan fingerprint density at radius 2 is 1.61 bits per heavy atom. The number of amides is 3. The van der Waals surface area contributed by atoms with E-state index in [1.807, 2.05) is 50.2 Å². The summed E-state index contributed by atoms with van der Waals surface area (Å²) in [5.74, 6) is 0.502. The molecule has 36 heavy (non-hydrogen) atoms. The molecule has 4 rings (SSSR count). The van der Waals surface area contributed by atoms with E-state index in [0.717, 1.165) is 42.5 Å². The predicted octanol–water partition coefficient (Wildman–Crippen LogP) is 6.69. The number of halogens is 1. The number of benzene rings is 3. The number of carbonyl (C=O) groups excluding carboxylic acids is 2. The Bertz CT molecular complexity index is 1190. The highest BCUT2D eigenvalue weighted by Crippen LogP contribution is 2.30. The van der Waals surface area contributed by atoms with Crippen molar-refractivity contribution in [1.82, 2.24) is 5.32 Å². The fraction of sp³-hybridized carbons (Fsp3) is 0.310. The Morgan fingerprint density at radius 1 is 0.917 bits per heavy atom. The van der Waals surface area contributed by atoms with Crippen LogP contribution >= 0.6 is 15.9 Å². The zero-order valence-corrected chi connectivity index (χ0v) is 22.3. The van der Waals surface area contributed by atoms with Crippen LogP contribution in [0.25, 0.3) is 0 Å². The summed E-state index contributed by atoms with van der Waals surface area (Å²) in [6.07, 6.45) is 3.25. The minimum atomic E-state index is -0.363. The van der Waals surface area contributed by atoms with Gasteiger partial charge in [-0.3, -0.25) is 4.79 Å². The first-order valence-corrected chi connectivity index (χ1v) is 13.2. The Balaban J connectivity index is 1.46. The van der Waals surface area contributed by atoms with Crippen LogP contribution in [-0.4, -0.2) is 31.1 Å². The van der Waals surface area contributed by atoms with E-state index in [2.05, 4.69) is 67.1 Å². The third kappa shape index (κ3) is 7.10. The van der Waals surface area contributed by atoms with E-state index in [4.69, 9.17) is 0 Å². The molecule has 3 amide bonds. The Morgan fingerprint density at radius 3 is 2.28 bits per heavy atom. The standard InChI is InChI=1S/C29H33BrN4O2/c1-20(2)31-28(35)26-19-25(33-29(36)32-24-10-6-9-23(30)18-24)11-12-27(26)34-15-13-22(14-16-34)17-21-7-4-3-5-8-21/h3-12,18-20,22H,13-17H2,1-2H3,(H,31,35)(H2,32,33,36). The van der Waals surface area contributed by atoms with Crippen molar-refractivity contribution in [2.24, 2.45) is 5.92 Å². The molecular formula is C29H33BrN4O2. The molecule has 0 atom stereocenters. The Hall–Kier alpha value is -3.32. The number of urea groups is 1. The minimum Gasteiger partial charge on any atom is -0.371 e. The number of carbonyl (C=O) groups is 2. The minimum absolute atomic E-state index is 0.0124. The van der Waals surface area contributed by atoms with Crippen molar-refractivity contribution >= 4 is 44.9 Å². The molecule has 1 aliphatic rings. The summed E-state index contributed by atoms with van der Waals surface area (Å²) in [7, 11) is 0. The van der Waals surface area contributed by atoms with Gasteiger partial charge in [0, 0.05) is 40.7 Å². The van der Waals surface area contributed by atoms with Crippen molar-refractivity contribution in [3.05, 3.63) is 88.4 Å². The van der Waals surface area contributed by atoms with Gasteiger partial charge >= 0.3 is 6.03 Å². The van der Waals surface area contributed by atoms with Crippen LogP contribution < -0.4 is 20.9 Å². The molecule has 0 spiro atoms. The first kappa shape index (κ1) is 25.8. The number of nitrogens with zero attached hydrogens (tertiary/aromatic N) is 1. The van der Waals surface area contributed by atoms with E-state index in [0.29, 0.717) is 22.9 Å². The monoisotopic (exact) mass is 548 g/mol. The van der Waals surface area contributed by atoms with E-state index in [1.165, 1.54) is 5.56 Å². The maximum atomic E-state index is 13.1. The normalized spacial score (nSPS) is 13.9. The molecule has 3 aromatic carbocycles. The smallest absolute Gasteiger partial charge is 0.323 e. The molecule has 1 fully saturated rings.